The number of methoxy groups -OCH3 is 1. The molecule has 2 aromatic carbocycles. The maximum absolute atomic E-state index is 11.9. The molecule has 25 heavy (non-hydrogen) atoms. The van der Waals surface area contributed by atoms with Crippen LogP contribution in [0.2, 0.25) is 0 Å². The Morgan fingerprint density at radius 2 is 2.16 bits per heavy atom. The van der Waals surface area contributed by atoms with Gasteiger partial charge in [-0.3, -0.25) is 14.9 Å². The van der Waals surface area contributed by atoms with Gasteiger partial charge in [0.1, 0.15) is 0 Å². The first-order chi connectivity index (χ1) is 11.9. The largest absolute Gasteiger partial charge is 0.504 e. The number of hydrazone groups is 1. The number of amides is 1. The molecule has 1 amide bonds. The summed E-state index contributed by atoms with van der Waals surface area (Å²) in [6.45, 7) is 0. The van der Waals surface area contributed by atoms with E-state index in [0.29, 0.717) is 15.6 Å². The van der Waals surface area contributed by atoms with E-state index in [1.54, 1.807) is 6.07 Å². The predicted molar refractivity (Wildman–Crippen MR) is 94.9 cm³/mol. The van der Waals surface area contributed by atoms with E-state index >= 15 is 0 Å². The monoisotopic (exact) mass is 407 g/mol. The average Bonchev–Trinajstić information content (AvgIpc) is 2.57. The van der Waals surface area contributed by atoms with Gasteiger partial charge in [0.05, 0.1) is 24.7 Å². The summed E-state index contributed by atoms with van der Waals surface area (Å²) in [6.07, 6.45) is 1.19. The molecule has 0 saturated carbocycles. The van der Waals surface area contributed by atoms with Gasteiger partial charge in [0, 0.05) is 21.7 Å². The molecular formula is C16H14BrN3O5. The maximum Gasteiger partial charge on any atom is 0.273 e. The number of phenolic OH excluding ortho intramolecular Hbond substituents is 1. The smallest absolute Gasteiger partial charge is 0.273 e. The molecule has 0 bridgehead atoms. The van der Waals surface area contributed by atoms with Crippen molar-refractivity contribution < 1.29 is 19.6 Å². The molecule has 8 nitrogen and oxygen atoms in total. The van der Waals surface area contributed by atoms with Crippen LogP contribution in [0.3, 0.4) is 0 Å². The number of carbonyl (C=O) groups excluding carboxylic acids is 1. The van der Waals surface area contributed by atoms with Crippen LogP contribution < -0.4 is 10.2 Å². The fraction of sp³-hybridized carbons (Fsp3) is 0.125. The van der Waals surface area contributed by atoms with Gasteiger partial charge in [-0.15, -0.1) is 0 Å². The fourth-order valence-corrected chi connectivity index (χ4v) is 2.48. The molecule has 9 heteroatoms. The van der Waals surface area contributed by atoms with Gasteiger partial charge in [-0.2, -0.15) is 5.10 Å². The van der Waals surface area contributed by atoms with Gasteiger partial charge in [0.15, 0.2) is 11.5 Å². The molecule has 0 aromatic heterocycles. The lowest BCUT2D eigenvalue weighted by Gasteiger charge is -2.06. The molecule has 130 valence electrons. The summed E-state index contributed by atoms with van der Waals surface area (Å²) in [6, 6.07) is 8.99. The van der Waals surface area contributed by atoms with Gasteiger partial charge in [-0.05, 0) is 28.1 Å². The number of benzene rings is 2. The SMILES string of the molecule is COc1cc(/C=N/NC(=O)Cc2ccccc2[N+](=O)[O-])c(Br)cc1O. The van der Waals surface area contributed by atoms with Gasteiger partial charge in [0.2, 0.25) is 5.91 Å². The Hall–Kier alpha value is -2.94. The molecule has 0 aliphatic heterocycles. The number of ether oxygens (including phenoxy) is 1. The molecule has 0 heterocycles. The summed E-state index contributed by atoms with van der Waals surface area (Å²) in [5, 5.41) is 24.4. The van der Waals surface area contributed by atoms with E-state index in [4.69, 9.17) is 4.74 Å². The predicted octanol–water partition coefficient (Wildman–Crippen LogP) is 2.76. The number of hydrogen-bond donors (Lipinski definition) is 2. The van der Waals surface area contributed by atoms with Crippen LogP contribution in [-0.4, -0.2) is 29.3 Å². The van der Waals surface area contributed by atoms with E-state index in [-0.39, 0.29) is 23.6 Å². The first kappa shape index (κ1) is 18.4. The summed E-state index contributed by atoms with van der Waals surface area (Å²) in [5.41, 5.74) is 3.06. The van der Waals surface area contributed by atoms with Crippen LogP contribution in [0.15, 0.2) is 46.0 Å². The zero-order chi connectivity index (χ0) is 18.4. The topological polar surface area (TPSA) is 114 Å². The second kappa shape index (κ2) is 8.25. The molecule has 0 spiro atoms. The van der Waals surface area contributed by atoms with Crippen molar-refractivity contribution in [2.75, 3.05) is 7.11 Å². The Kier molecular flexibility index (Phi) is 6.07. The summed E-state index contributed by atoms with van der Waals surface area (Å²) in [4.78, 5) is 22.3. The number of para-hydroxylation sites is 1. The van der Waals surface area contributed by atoms with Crippen molar-refractivity contribution in [1.29, 1.82) is 0 Å². The summed E-state index contributed by atoms with van der Waals surface area (Å²) in [7, 11) is 1.42. The molecule has 0 unspecified atom stereocenters. The minimum Gasteiger partial charge on any atom is -0.504 e. The Morgan fingerprint density at radius 1 is 1.44 bits per heavy atom. The van der Waals surface area contributed by atoms with Gasteiger partial charge >= 0.3 is 0 Å². The highest BCUT2D eigenvalue weighted by Crippen LogP contribution is 2.31. The fourth-order valence-electron chi connectivity index (χ4n) is 2.05. The average molecular weight is 408 g/mol. The lowest BCUT2D eigenvalue weighted by molar-refractivity contribution is -0.385. The second-order valence-electron chi connectivity index (χ2n) is 4.90. The van der Waals surface area contributed by atoms with E-state index < -0.39 is 10.8 Å². The highest BCUT2D eigenvalue weighted by atomic mass is 79.9. The number of nitrogens with one attached hydrogen (secondary N) is 1. The molecule has 0 aliphatic rings. The molecule has 0 fully saturated rings. The number of phenols is 1. The molecular weight excluding hydrogens is 394 g/mol. The van der Waals surface area contributed by atoms with Crippen LogP contribution in [0.4, 0.5) is 5.69 Å². The number of nitrogens with zero attached hydrogens (tertiary/aromatic N) is 2. The zero-order valence-corrected chi connectivity index (χ0v) is 14.7. The molecule has 2 N–H and O–H groups in total. The van der Waals surface area contributed by atoms with E-state index in [0.717, 1.165) is 0 Å². The van der Waals surface area contributed by atoms with E-state index in [9.17, 15) is 20.0 Å². The van der Waals surface area contributed by atoms with E-state index in [1.807, 2.05) is 0 Å². The van der Waals surface area contributed by atoms with Crippen molar-refractivity contribution in [2.24, 2.45) is 5.10 Å². The molecule has 0 saturated heterocycles. The van der Waals surface area contributed by atoms with Crippen molar-refractivity contribution in [3.8, 4) is 11.5 Å². The molecule has 0 aliphatic carbocycles. The number of nitro groups is 1. The lowest BCUT2D eigenvalue weighted by Crippen LogP contribution is -2.20. The minimum atomic E-state index is -0.536. The van der Waals surface area contributed by atoms with Crippen molar-refractivity contribution in [1.82, 2.24) is 5.43 Å². The Bertz CT molecular complexity index is 839. The van der Waals surface area contributed by atoms with Crippen LogP contribution >= 0.6 is 15.9 Å². The van der Waals surface area contributed by atoms with Gasteiger partial charge in [0.25, 0.3) is 5.69 Å². The Balaban J connectivity index is 2.06. The number of nitro benzene ring substituents is 1. The van der Waals surface area contributed by atoms with Crippen LogP contribution in [0.1, 0.15) is 11.1 Å². The third-order valence-corrected chi connectivity index (χ3v) is 3.92. The first-order valence-corrected chi connectivity index (χ1v) is 7.82. The van der Waals surface area contributed by atoms with E-state index in [1.165, 1.54) is 43.7 Å². The lowest BCUT2D eigenvalue weighted by atomic mass is 10.1. The van der Waals surface area contributed by atoms with Crippen LogP contribution in [0.25, 0.3) is 0 Å². The van der Waals surface area contributed by atoms with E-state index in [2.05, 4.69) is 26.5 Å². The summed E-state index contributed by atoms with van der Waals surface area (Å²) >= 11 is 3.26. The second-order valence-corrected chi connectivity index (χ2v) is 5.76. The van der Waals surface area contributed by atoms with Crippen LogP contribution in [0, 0.1) is 10.1 Å². The van der Waals surface area contributed by atoms with Crippen molar-refractivity contribution >= 4 is 33.7 Å². The number of hydrogen-bond acceptors (Lipinski definition) is 6. The summed E-state index contributed by atoms with van der Waals surface area (Å²) < 4.78 is 5.56. The number of carbonyl (C=O) groups is 1. The third kappa shape index (κ3) is 4.77. The highest BCUT2D eigenvalue weighted by Gasteiger charge is 2.15. The van der Waals surface area contributed by atoms with Gasteiger partial charge in [-0.1, -0.05) is 18.2 Å². The normalized spacial score (nSPS) is 10.6. The first-order valence-electron chi connectivity index (χ1n) is 7.03. The number of halogens is 1. The van der Waals surface area contributed by atoms with Gasteiger partial charge < -0.3 is 9.84 Å². The summed E-state index contributed by atoms with van der Waals surface area (Å²) in [5.74, 6) is -0.268. The number of rotatable bonds is 6. The Labute approximate surface area is 151 Å². The van der Waals surface area contributed by atoms with Crippen molar-refractivity contribution in [3.05, 3.63) is 62.1 Å². The molecule has 2 aromatic rings. The highest BCUT2D eigenvalue weighted by molar-refractivity contribution is 9.10. The minimum absolute atomic E-state index is 0.0352. The van der Waals surface area contributed by atoms with Crippen molar-refractivity contribution in [3.63, 3.8) is 0 Å². The number of aromatic hydroxyl groups is 1. The quantitative estimate of drug-likeness (QED) is 0.434. The molecule has 0 radical (unpaired) electrons. The van der Waals surface area contributed by atoms with Gasteiger partial charge in [-0.25, -0.2) is 5.43 Å². The molecule has 0 atom stereocenters. The molecule has 2 rings (SSSR count). The third-order valence-electron chi connectivity index (χ3n) is 3.23. The maximum atomic E-state index is 11.9. The van der Waals surface area contributed by atoms with Crippen LogP contribution in [0.5, 0.6) is 11.5 Å². The van der Waals surface area contributed by atoms with Crippen molar-refractivity contribution in [2.45, 2.75) is 6.42 Å². The van der Waals surface area contributed by atoms with Crippen LogP contribution in [-0.2, 0) is 11.2 Å². The Morgan fingerprint density at radius 3 is 2.84 bits per heavy atom. The zero-order valence-electron chi connectivity index (χ0n) is 13.1. The standard InChI is InChI=1S/C16H14BrN3O5/c1-25-15-6-11(12(17)8-14(15)21)9-18-19-16(22)7-10-4-2-3-5-13(10)20(23)24/h2-6,8-9,21H,7H2,1H3,(H,19,22)/b18-9+.